The van der Waals surface area contributed by atoms with Gasteiger partial charge in [0.25, 0.3) is 11.8 Å². The van der Waals surface area contributed by atoms with Gasteiger partial charge < -0.3 is 15.4 Å². The topological polar surface area (TPSA) is 67.4 Å². The van der Waals surface area contributed by atoms with Gasteiger partial charge in [-0.1, -0.05) is 13.8 Å². The maximum atomic E-state index is 12.1. The number of rotatable bonds is 4. The normalized spacial score (nSPS) is 13.5. The van der Waals surface area contributed by atoms with Crippen LogP contribution >= 0.6 is 0 Å². The van der Waals surface area contributed by atoms with E-state index < -0.39 is 0 Å². The Morgan fingerprint density at radius 3 is 2.84 bits per heavy atom. The molecule has 1 aliphatic heterocycles. The molecular weight excluding hydrogens is 244 g/mol. The first-order chi connectivity index (χ1) is 9.13. The molecule has 0 aromatic heterocycles. The third-order valence-electron chi connectivity index (χ3n) is 3.20. The molecule has 0 saturated carbocycles. The maximum Gasteiger partial charge on any atom is 0.262 e. The van der Waals surface area contributed by atoms with Crippen molar-refractivity contribution in [1.29, 1.82) is 0 Å². The summed E-state index contributed by atoms with van der Waals surface area (Å²) < 4.78 is 5.25. The fraction of sp³-hybridized carbons (Fsp3) is 0.429. The van der Waals surface area contributed by atoms with Crippen molar-refractivity contribution in [3.63, 3.8) is 0 Å². The smallest absolute Gasteiger partial charge is 0.262 e. The number of amides is 2. The number of benzene rings is 1. The highest BCUT2D eigenvalue weighted by atomic mass is 16.5. The lowest BCUT2D eigenvalue weighted by atomic mass is 10.1. The van der Waals surface area contributed by atoms with E-state index in [-0.39, 0.29) is 24.5 Å². The molecule has 2 amide bonds. The van der Waals surface area contributed by atoms with E-state index in [0.717, 1.165) is 12.8 Å². The predicted octanol–water partition coefficient (Wildman–Crippen LogP) is 1.94. The first-order valence-corrected chi connectivity index (χ1v) is 6.51. The fourth-order valence-corrected chi connectivity index (χ4v) is 1.99. The average Bonchev–Trinajstić information content (AvgIpc) is 2.43. The van der Waals surface area contributed by atoms with Gasteiger partial charge in [-0.25, -0.2) is 0 Å². The van der Waals surface area contributed by atoms with E-state index in [1.165, 1.54) is 0 Å². The Morgan fingerprint density at radius 2 is 2.16 bits per heavy atom. The van der Waals surface area contributed by atoms with Gasteiger partial charge in [0.05, 0.1) is 5.69 Å². The summed E-state index contributed by atoms with van der Waals surface area (Å²) in [6.45, 7) is 4.09. The van der Waals surface area contributed by atoms with Crippen LogP contribution in [0.1, 0.15) is 37.0 Å². The molecule has 0 bridgehead atoms. The largest absolute Gasteiger partial charge is 0.482 e. The minimum Gasteiger partial charge on any atom is -0.482 e. The Hall–Kier alpha value is -2.04. The number of hydrogen-bond acceptors (Lipinski definition) is 3. The minimum absolute atomic E-state index is 0.0201. The van der Waals surface area contributed by atoms with Gasteiger partial charge in [-0.05, 0) is 31.0 Å². The molecule has 19 heavy (non-hydrogen) atoms. The molecule has 1 aromatic rings. The summed E-state index contributed by atoms with van der Waals surface area (Å²) in [7, 11) is 0. The van der Waals surface area contributed by atoms with Gasteiger partial charge in [0, 0.05) is 11.6 Å². The van der Waals surface area contributed by atoms with Crippen LogP contribution in [0, 0.1) is 0 Å². The van der Waals surface area contributed by atoms with Crippen molar-refractivity contribution in [2.75, 3.05) is 11.9 Å². The predicted molar refractivity (Wildman–Crippen MR) is 72.4 cm³/mol. The summed E-state index contributed by atoms with van der Waals surface area (Å²) in [6, 6.07) is 5.23. The highest BCUT2D eigenvalue weighted by Crippen LogP contribution is 2.28. The van der Waals surface area contributed by atoms with Crippen molar-refractivity contribution in [3.8, 4) is 5.75 Å². The van der Waals surface area contributed by atoms with E-state index in [4.69, 9.17) is 4.74 Å². The molecular formula is C14H18N2O3. The third-order valence-corrected chi connectivity index (χ3v) is 3.20. The summed E-state index contributed by atoms with van der Waals surface area (Å²) in [4.78, 5) is 23.3. The zero-order chi connectivity index (χ0) is 13.8. The lowest BCUT2D eigenvalue weighted by Gasteiger charge is -2.19. The molecule has 0 saturated heterocycles. The maximum absolute atomic E-state index is 12.1. The van der Waals surface area contributed by atoms with Gasteiger partial charge in [-0.2, -0.15) is 0 Å². The molecule has 1 heterocycles. The monoisotopic (exact) mass is 262 g/mol. The molecule has 5 nitrogen and oxygen atoms in total. The van der Waals surface area contributed by atoms with E-state index in [1.807, 2.05) is 13.8 Å². The fourth-order valence-electron chi connectivity index (χ4n) is 1.99. The number of carbonyl (C=O) groups is 2. The zero-order valence-corrected chi connectivity index (χ0v) is 11.2. The Kier molecular flexibility index (Phi) is 4.04. The van der Waals surface area contributed by atoms with Gasteiger partial charge in [0.15, 0.2) is 6.61 Å². The van der Waals surface area contributed by atoms with Crippen molar-refractivity contribution in [3.05, 3.63) is 23.8 Å². The molecule has 1 aromatic carbocycles. The van der Waals surface area contributed by atoms with Gasteiger partial charge in [0.1, 0.15) is 5.75 Å². The number of hydrogen-bond donors (Lipinski definition) is 2. The first-order valence-electron chi connectivity index (χ1n) is 6.51. The van der Waals surface area contributed by atoms with Crippen molar-refractivity contribution >= 4 is 17.5 Å². The molecule has 102 valence electrons. The molecule has 0 radical (unpaired) electrons. The van der Waals surface area contributed by atoms with Crippen LogP contribution in [0.25, 0.3) is 0 Å². The Labute approximate surface area is 112 Å². The van der Waals surface area contributed by atoms with Crippen LogP contribution in [0.4, 0.5) is 5.69 Å². The van der Waals surface area contributed by atoms with E-state index in [0.29, 0.717) is 17.0 Å². The molecule has 0 aliphatic carbocycles. The average molecular weight is 262 g/mol. The Bertz CT molecular complexity index is 495. The van der Waals surface area contributed by atoms with Crippen LogP contribution in [-0.4, -0.2) is 24.5 Å². The van der Waals surface area contributed by atoms with Crippen LogP contribution < -0.4 is 15.4 Å². The van der Waals surface area contributed by atoms with E-state index in [2.05, 4.69) is 10.6 Å². The van der Waals surface area contributed by atoms with Crippen molar-refractivity contribution in [2.45, 2.75) is 32.7 Å². The van der Waals surface area contributed by atoms with E-state index >= 15 is 0 Å². The van der Waals surface area contributed by atoms with Crippen LogP contribution in [-0.2, 0) is 4.79 Å². The number of fused-ring (bicyclic) bond motifs is 1. The van der Waals surface area contributed by atoms with Crippen molar-refractivity contribution in [1.82, 2.24) is 5.32 Å². The molecule has 0 fully saturated rings. The summed E-state index contributed by atoms with van der Waals surface area (Å²) in [5.41, 5.74) is 1.07. The lowest BCUT2D eigenvalue weighted by molar-refractivity contribution is -0.118. The van der Waals surface area contributed by atoms with Gasteiger partial charge >= 0.3 is 0 Å². The van der Waals surface area contributed by atoms with Crippen LogP contribution in [0.3, 0.4) is 0 Å². The molecule has 0 unspecified atom stereocenters. The summed E-state index contributed by atoms with van der Waals surface area (Å²) in [6.07, 6.45) is 1.79. The summed E-state index contributed by atoms with van der Waals surface area (Å²) >= 11 is 0. The van der Waals surface area contributed by atoms with Crippen LogP contribution in [0.5, 0.6) is 5.75 Å². The molecule has 1 aliphatic rings. The standard InChI is InChI=1S/C14H18N2O3/c1-3-10(4-2)15-14(18)9-5-6-12-11(7-9)16-13(17)8-19-12/h5-7,10H,3-4,8H2,1-2H3,(H,15,18)(H,16,17). The van der Waals surface area contributed by atoms with Gasteiger partial charge in [-0.3, -0.25) is 9.59 Å². The van der Waals surface area contributed by atoms with Crippen LogP contribution in [0.15, 0.2) is 18.2 Å². The second-order valence-corrected chi connectivity index (χ2v) is 4.53. The molecule has 0 atom stereocenters. The highest BCUT2D eigenvalue weighted by molar-refractivity contribution is 5.99. The SMILES string of the molecule is CCC(CC)NC(=O)c1ccc2c(c1)NC(=O)CO2. The van der Waals surface area contributed by atoms with Gasteiger partial charge in [-0.15, -0.1) is 0 Å². The molecule has 2 N–H and O–H groups in total. The number of anilines is 1. The number of ether oxygens (including phenoxy) is 1. The second-order valence-electron chi connectivity index (χ2n) is 4.53. The number of carbonyl (C=O) groups excluding carboxylic acids is 2. The van der Waals surface area contributed by atoms with E-state index in [1.54, 1.807) is 18.2 Å². The minimum atomic E-state index is -0.204. The first kappa shape index (κ1) is 13.4. The third kappa shape index (κ3) is 3.05. The highest BCUT2D eigenvalue weighted by Gasteiger charge is 2.18. The van der Waals surface area contributed by atoms with Crippen LogP contribution in [0.2, 0.25) is 0 Å². The molecule has 2 rings (SSSR count). The van der Waals surface area contributed by atoms with Crippen molar-refractivity contribution in [2.24, 2.45) is 0 Å². The van der Waals surface area contributed by atoms with E-state index in [9.17, 15) is 9.59 Å². The van der Waals surface area contributed by atoms with Gasteiger partial charge in [0.2, 0.25) is 0 Å². The number of nitrogens with one attached hydrogen (secondary N) is 2. The Morgan fingerprint density at radius 1 is 1.42 bits per heavy atom. The quantitative estimate of drug-likeness (QED) is 0.871. The summed E-state index contributed by atoms with van der Waals surface area (Å²) in [5, 5.41) is 5.65. The summed E-state index contributed by atoms with van der Waals surface area (Å²) in [5.74, 6) is 0.264. The zero-order valence-electron chi connectivity index (χ0n) is 11.2. The Balaban J connectivity index is 2.15. The molecule has 5 heteroatoms. The molecule has 0 spiro atoms. The lowest BCUT2D eigenvalue weighted by Crippen LogP contribution is -2.34. The van der Waals surface area contributed by atoms with Crippen molar-refractivity contribution < 1.29 is 14.3 Å². The second kappa shape index (κ2) is 5.73.